The smallest absolute Gasteiger partial charge is 0.327 e. The number of ether oxygens (including phenoxy) is 2. The third kappa shape index (κ3) is 4.13. The number of rotatable bonds is 7. The second kappa shape index (κ2) is 7.64. The number of esters is 1. The van der Waals surface area contributed by atoms with Crippen LogP contribution in [0.2, 0.25) is 0 Å². The summed E-state index contributed by atoms with van der Waals surface area (Å²) in [7, 11) is -2.42. The van der Waals surface area contributed by atoms with E-state index in [4.69, 9.17) is 9.47 Å². The molecule has 128 valence electrons. The maximum Gasteiger partial charge on any atom is 0.327 e. The first-order valence-electron chi connectivity index (χ1n) is 7.38. The summed E-state index contributed by atoms with van der Waals surface area (Å²) < 4.78 is 34.4. The zero-order valence-corrected chi connectivity index (χ0v) is 15.1. The van der Waals surface area contributed by atoms with Crippen LogP contribution in [0.15, 0.2) is 40.8 Å². The van der Waals surface area contributed by atoms with E-state index in [9.17, 15) is 13.2 Å². The van der Waals surface area contributed by atoms with Crippen molar-refractivity contribution < 1.29 is 22.7 Å². The summed E-state index contributed by atoms with van der Waals surface area (Å²) >= 11 is 0. The van der Waals surface area contributed by atoms with E-state index in [1.54, 1.807) is 25.1 Å². The quantitative estimate of drug-likeness (QED) is 0.563. The number of benzene rings is 1. The lowest BCUT2D eigenvalue weighted by Gasteiger charge is -2.26. The van der Waals surface area contributed by atoms with E-state index in [1.807, 2.05) is 13.8 Å². The Morgan fingerprint density at radius 1 is 1.22 bits per heavy atom. The first-order valence-corrected chi connectivity index (χ1v) is 8.86. The van der Waals surface area contributed by atoms with Crippen LogP contribution in [0.25, 0.3) is 0 Å². The summed E-state index contributed by atoms with van der Waals surface area (Å²) in [6.07, 6.45) is 1.79. The minimum Gasteiger partial charge on any atom is -0.497 e. The van der Waals surface area contributed by atoms with Gasteiger partial charge in [0.2, 0.25) is 0 Å². The molecule has 0 fully saturated rings. The van der Waals surface area contributed by atoms with E-state index in [0.717, 1.165) is 5.57 Å². The number of hydrogen-bond donors (Lipinski definition) is 0. The first-order chi connectivity index (χ1) is 10.7. The highest BCUT2D eigenvalue weighted by atomic mass is 32.2. The number of carbonyl (C=O) groups excluding carboxylic acids is 1. The van der Waals surface area contributed by atoms with Gasteiger partial charge < -0.3 is 9.47 Å². The average Bonchev–Trinajstić information content (AvgIpc) is 2.52. The van der Waals surface area contributed by atoms with Gasteiger partial charge in [-0.15, -0.1) is 0 Å². The van der Waals surface area contributed by atoms with Gasteiger partial charge >= 0.3 is 5.97 Å². The van der Waals surface area contributed by atoms with E-state index in [-0.39, 0.29) is 17.9 Å². The SMILES string of the molecule is CCOC(=O)[C@@](C)(CC=C(C)C)S(=O)(=O)c1ccc(OC)cc1. The Hall–Kier alpha value is -1.82. The van der Waals surface area contributed by atoms with Gasteiger partial charge in [-0.2, -0.15) is 0 Å². The number of carbonyl (C=O) groups is 1. The third-order valence-electron chi connectivity index (χ3n) is 3.57. The van der Waals surface area contributed by atoms with Gasteiger partial charge in [0, 0.05) is 0 Å². The first kappa shape index (κ1) is 19.2. The molecule has 0 aliphatic rings. The average molecular weight is 340 g/mol. The van der Waals surface area contributed by atoms with Gasteiger partial charge in [0.1, 0.15) is 5.75 Å². The normalized spacial score (nSPS) is 13.8. The van der Waals surface area contributed by atoms with Crippen molar-refractivity contribution in [3.8, 4) is 5.75 Å². The van der Waals surface area contributed by atoms with Gasteiger partial charge in [-0.1, -0.05) is 11.6 Å². The van der Waals surface area contributed by atoms with E-state index in [0.29, 0.717) is 5.75 Å². The molecule has 0 saturated carbocycles. The molecule has 0 unspecified atom stereocenters. The molecular weight excluding hydrogens is 316 g/mol. The van der Waals surface area contributed by atoms with Crippen LogP contribution in [-0.2, 0) is 19.4 Å². The van der Waals surface area contributed by atoms with Gasteiger partial charge in [-0.25, -0.2) is 8.42 Å². The van der Waals surface area contributed by atoms with Crippen LogP contribution in [0.5, 0.6) is 5.75 Å². The lowest BCUT2D eigenvalue weighted by atomic mass is 10.1. The van der Waals surface area contributed by atoms with Crippen LogP contribution in [0.1, 0.15) is 34.1 Å². The highest BCUT2D eigenvalue weighted by Gasteiger charge is 2.47. The van der Waals surface area contributed by atoms with Crippen molar-refractivity contribution in [3.05, 3.63) is 35.9 Å². The van der Waals surface area contributed by atoms with Crippen molar-refractivity contribution in [1.82, 2.24) is 0 Å². The zero-order valence-electron chi connectivity index (χ0n) is 14.3. The Balaban J connectivity index is 3.37. The van der Waals surface area contributed by atoms with Crippen LogP contribution in [0, 0.1) is 0 Å². The van der Waals surface area contributed by atoms with Gasteiger partial charge in [-0.05, 0) is 58.4 Å². The van der Waals surface area contributed by atoms with Crippen LogP contribution < -0.4 is 4.74 Å². The largest absolute Gasteiger partial charge is 0.497 e. The van der Waals surface area contributed by atoms with Crippen LogP contribution in [0.3, 0.4) is 0 Å². The molecule has 1 aromatic rings. The monoisotopic (exact) mass is 340 g/mol. The summed E-state index contributed by atoms with van der Waals surface area (Å²) in [5.74, 6) is -0.195. The molecule has 0 radical (unpaired) electrons. The van der Waals surface area contributed by atoms with Crippen molar-refractivity contribution in [2.75, 3.05) is 13.7 Å². The molecule has 0 N–H and O–H groups in total. The number of sulfone groups is 1. The molecule has 0 aromatic heterocycles. The van der Waals surface area contributed by atoms with Crippen molar-refractivity contribution in [2.24, 2.45) is 0 Å². The van der Waals surface area contributed by atoms with Crippen LogP contribution in [-0.4, -0.2) is 32.9 Å². The lowest BCUT2D eigenvalue weighted by molar-refractivity contribution is -0.145. The second-order valence-electron chi connectivity index (χ2n) is 5.62. The number of hydrogen-bond acceptors (Lipinski definition) is 5. The molecule has 0 aliphatic heterocycles. The maximum absolute atomic E-state index is 13.0. The van der Waals surface area contributed by atoms with Crippen molar-refractivity contribution in [3.63, 3.8) is 0 Å². The van der Waals surface area contributed by atoms with Crippen molar-refractivity contribution in [1.29, 1.82) is 0 Å². The molecule has 6 heteroatoms. The highest BCUT2D eigenvalue weighted by molar-refractivity contribution is 7.93. The fraction of sp³-hybridized carbons (Fsp3) is 0.471. The fourth-order valence-electron chi connectivity index (χ4n) is 2.00. The standard InChI is InChI=1S/C17H24O5S/c1-6-22-16(18)17(4,12-11-13(2)3)23(19,20)15-9-7-14(21-5)8-10-15/h7-11H,6,12H2,1-5H3/t17-/m1/s1. The summed E-state index contributed by atoms with van der Waals surface area (Å²) in [5, 5.41) is 0. The van der Waals surface area contributed by atoms with E-state index in [2.05, 4.69) is 0 Å². The van der Waals surface area contributed by atoms with Crippen LogP contribution in [0.4, 0.5) is 0 Å². The van der Waals surface area contributed by atoms with Gasteiger partial charge in [0.25, 0.3) is 0 Å². The van der Waals surface area contributed by atoms with E-state index < -0.39 is 20.6 Å². The second-order valence-corrected chi connectivity index (χ2v) is 8.00. The molecule has 23 heavy (non-hydrogen) atoms. The molecule has 1 rings (SSSR count). The summed E-state index contributed by atoms with van der Waals surface area (Å²) in [5.41, 5.74) is 0.936. The van der Waals surface area contributed by atoms with Crippen molar-refractivity contribution in [2.45, 2.75) is 43.8 Å². The highest BCUT2D eigenvalue weighted by Crippen LogP contribution is 2.32. The van der Waals surface area contributed by atoms with E-state index in [1.165, 1.54) is 26.2 Å². The third-order valence-corrected chi connectivity index (χ3v) is 5.98. The molecule has 0 heterocycles. The Morgan fingerprint density at radius 3 is 2.22 bits per heavy atom. The van der Waals surface area contributed by atoms with Gasteiger partial charge in [0.15, 0.2) is 14.6 Å². The zero-order chi connectivity index (χ0) is 17.7. The minimum atomic E-state index is -3.92. The molecular formula is C17H24O5S. The Kier molecular flexibility index (Phi) is 6.38. The van der Waals surface area contributed by atoms with Crippen molar-refractivity contribution >= 4 is 15.8 Å². The summed E-state index contributed by atoms with van der Waals surface area (Å²) in [6.45, 7) is 6.89. The molecule has 0 bridgehead atoms. The van der Waals surface area contributed by atoms with Gasteiger partial charge in [-0.3, -0.25) is 4.79 Å². The molecule has 0 spiro atoms. The maximum atomic E-state index is 13.0. The molecule has 0 aliphatic carbocycles. The lowest BCUT2D eigenvalue weighted by Crippen LogP contribution is -2.44. The number of methoxy groups -OCH3 is 1. The Labute approximate surface area is 138 Å². The molecule has 0 amide bonds. The summed E-state index contributed by atoms with van der Waals surface area (Å²) in [6, 6.07) is 5.99. The Morgan fingerprint density at radius 2 is 1.78 bits per heavy atom. The molecule has 5 nitrogen and oxygen atoms in total. The Bertz CT molecular complexity index is 669. The van der Waals surface area contributed by atoms with E-state index >= 15 is 0 Å². The molecule has 1 atom stereocenters. The molecule has 0 saturated heterocycles. The predicted octanol–water partition coefficient (Wildman–Crippen LogP) is 3.15. The van der Waals surface area contributed by atoms with Crippen LogP contribution >= 0.6 is 0 Å². The predicted molar refractivity (Wildman–Crippen MR) is 89.3 cm³/mol. The topological polar surface area (TPSA) is 69.7 Å². The number of allylic oxidation sites excluding steroid dienone is 2. The van der Waals surface area contributed by atoms with Gasteiger partial charge in [0.05, 0.1) is 18.6 Å². The summed E-state index contributed by atoms with van der Waals surface area (Å²) in [4.78, 5) is 12.4. The minimum absolute atomic E-state index is 0.0581. The molecule has 1 aromatic carbocycles. The fourth-order valence-corrected chi connectivity index (χ4v) is 3.60.